The third-order valence-electron chi connectivity index (χ3n) is 3.56. The molecule has 0 atom stereocenters. The highest BCUT2D eigenvalue weighted by atomic mass is 19.1. The van der Waals surface area contributed by atoms with Crippen molar-refractivity contribution in [3.8, 4) is 17.2 Å². The quantitative estimate of drug-likeness (QED) is 0.729. The second kappa shape index (κ2) is 8.84. The van der Waals surface area contributed by atoms with Gasteiger partial charge >= 0.3 is 0 Å². The number of nitrogens with one attached hydrogen (secondary N) is 1. The van der Waals surface area contributed by atoms with Crippen LogP contribution in [0.5, 0.6) is 17.2 Å². The van der Waals surface area contributed by atoms with Crippen molar-refractivity contribution in [3.05, 3.63) is 47.8 Å². The minimum atomic E-state index is -0.540. The monoisotopic (exact) mass is 361 g/mol. The molecule has 2 aromatic rings. The van der Waals surface area contributed by atoms with E-state index in [0.29, 0.717) is 17.2 Å². The lowest BCUT2D eigenvalue weighted by atomic mass is 10.1. The normalized spacial score (nSPS) is 10.2. The van der Waals surface area contributed by atoms with Crippen LogP contribution in [-0.2, 0) is 4.79 Å². The minimum absolute atomic E-state index is 0.114. The number of hydrogen-bond acceptors (Lipinski definition) is 5. The fourth-order valence-electron chi connectivity index (χ4n) is 2.26. The first-order valence-electron chi connectivity index (χ1n) is 7.95. The fraction of sp³-hybridized carbons (Fsp3) is 0.263. The lowest BCUT2D eigenvalue weighted by Crippen LogP contribution is -2.21. The molecule has 2 aromatic carbocycles. The van der Waals surface area contributed by atoms with Crippen LogP contribution in [0, 0.1) is 5.82 Å². The highest BCUT2D eigenvalue weighted by Crippen LogP contribution is 2.26. The van der Waals surface area contributed by atoms with Gasteiger partial charge in [0.25, 0.3) is 5.91 Å². The second-order valence-electron chi connectivity index (χ2n) is 5.36. The molecule has 1 N–H and O–H groups in total. The summed E-state index contributed by atoms with van der Waals surface area (Å²) in [7, 11) is 3.01. The molecule has 0 spiro atoms. The highest BCUT2D eigenvalue weighted by Gasteiger charge is 2.14. The van der Waals surface area contributed by atoms with Gasteiger partial charge in [0.2, 0.25) is 0 Å². The van der Waals surface area contributed by atoms with E-state index in [1.807, 2.05) is 0 Å². The predicted octanol–water partition coefficient (Wildman–Crippen LogP) is 3.45. The van der Waals surface area contributed by atoms with Crippen LogP contribution >= 0.6 is 0 Å². The van der Waals surface area contributed by atoms with Gasteiger partial charge in [0.05, 0.1) is 19.8 Å². The summed E-state index contributed by atoms with van der Waals surface area (Å²) in [5, 5.41) is 2.65. The average molecular weight is 361 g/mol. The molecule has 6 nitrogen and oxygen atoms in total. The van der Waals surface area contributed by atoms with Crippen molar-refractivity contribution >= 4 is 17.4 Å². The van der Waals surface area contributed by atoms with Crippen LogP contribution < -0.4 is 19.5 Å². The van der Waals surface area contributed by atoms with Gasteiger partial charge in [0.1, 0.15) is 23.1 Å². The molecule has 0 saturated heterocycles. The zero-order chi connectivity index (χ0) is 19.1. The number of benzene rings is 2. The maximum absolute atomic E-state index is 13.4. The van der Waals surface area contributed by atoms with Gasteiger partial charge < -0.3 is 19.5 Å². The highest BCUT2D eigenvalue weighted by molar-refractivity contribution is 5.98. The average Bonchev–Trinajstić information content (AvgIpc) is 2.65. The Bertz CT molecular complexity index is 784. The van der Waals surface area contributed by atoms with Gasteiger partial charge in [-0.15, -0.1) is 0 Å². The first-order valence-corrected chi connectivity index (χ1v) is 7.95. The van der Waals surface area contributed by atoms with Crippen molar-refractivity contribution in [2.45, 2.75) is 13.3 Å². The Labute approximate surface area is 150 Å². The van der Waals surface area contributed by atoms with Gasteiger partial charge in [-0.25, -0.2) is 4.39 Å². The molecule has 0 radical (unpaired) electrons. The summed E-state index contributed by atoms with van der Waals surface area (Å²) in [5.41, 5.74) is 0.585. The number of hydrogen-bond donors (Lipinski definition) is 1. The molecule has 0 aliphatic rings. The van der Waals surface area contributed by atoms with E-state index in [0.717, 1.165) is 6.07 Å². The zero-order valence-electron chi connectivity index (χ0n) is 14.8. The first kappa shape index (κ1) is 19.2. The van der Waals surface area contributed by atoms with E-state index in [2.05, 4.69) is 5.32 Å². The molecule has 0 bridgehead atoms. The van der Waals surface area contributed by atoms with E-state index in [-0.39, 0.29) is 30.1 Å². The Morgan fingerprint density at radius 1 is 1.04 bits per heavy atom. The number of halogens is 1. The van der Waals surface area contributed by atoms with E-state index < -0.39 is 11.7 Å². The van der Waals surface area contributed by atoms with Crippen molar-refractivity contribution in [1.82, 2.24) is 0 Å². The molecule has 1 amide bonds. The Balaban J connectivity index is 2.07. The van der Waals surface area contributed by atoms with E-state index in [4.69, 9.17) is 14.2 Å². The van der Waals surface area contributed by atoms with Crippen LogP contribution in [-0.4, -0.2) is 32.5 Å². The largest absolute Gasteiger partial charge is 0.497 e. The molecule has 0 aromatic heterocycles. The third kappa shape index (κ3) is 4.95. The zero-order valence-corrected chi connectivity index (χ0v) is 14.8. The Hall–Kier alpha value is -3.09. The maximum atomic E-state index is 13.4. The smallest absolute Gasteiger partial charge is 0.262 e. The third-order valence-corrected chi connectivity index (χ3v) is 3.56. The maximum Gasteiger partial charge on any atom is 0.262 e. The number of amides is 1. The summed E-state index contributed by atoms with van der Waals surface area (Å²) in [5.74, 6) is -0.0412. The Kier molecular flexibility index (Phi) is 6.54. The number of ketones is 1. The van der Waals surface area contributed by atoms with Gasteiger partial charge in [-0.2, -0.15) is 0 Å². The number of ether oxygens (including phenoxy) is 3. The fourth-order valence-corrected chi connectivity index (χ4v) is 2.26. The van der Waals surface area contributed by atoms with Crippen LogP contribution in [0.15, 0.2) is 36.4 Å². The Morgan fingerprint density at radius 2 is 1.69 bits per heavy atom. The molecular formula is C19H20FNO5. The molecular weight excluding hydrogens is 341 g/mol. The summed E-state index contributed by atoms with van der Waals surface area (Å²) in [4.78, 5) is 24.0. The standard InChI is InChI=1S/C19H20FNO5/c1-4-17(22)16-7-12(20)5-6-18(16)26-11-19(23)21-13-8-14(24-2)10-15(9-13)25-3/h5-10H,4,11H2,1-3H3,(H,21,23). The van der Waals surface area contributed by atoms with E-state index >= 15 is 0 Å². The molecule has 138 valence electrons. The van der Waals surface area contributed by atoms with Gasteiger partial charge in [-0.3, -0.25) is 9.59 Å². The molecule has 0 saturated carbocycles. The topological polar surface area (TPSA) is 73.9 Å². The molecule has 26 heavy (non-hydrogen) atoms. The molecule has 0 aliphatic heterocycles. The molecule has 0 aliphatic carbocycles. The minimum Gasteiger partial charge on any atom is -0.497 e. The van der Waals surface area contributed by atoms with Gasteiger partial charge in [-0.1, -0.05) is 6.92 Å². The van der Waals surface area contributed by atoms with Crippen LogP contribution in [0.3, 0.4) is 0 Å². The molecule has 7 heteroatoms. The van der Waals surface area contributed by atoms with Crippen LogP contribution in [0.4, 0.5) is 10.1 Å². The number of carbonyl (C=O) groups excluding carboxylic acids is 2. The van der Waals surface area contributed by atoms with Crippen LogP contribution in [0.25, 0.3) is 0 Å². The molecule has 0 unspecified atom stereocenters. The summed E-state index contributed by atoms with van der Waals surface area (Å²) in [6, 6.07) is 8.54. The van der Waals surface area contributed by atoms with E-state index in [9.17, 15) is 14.0 Å². The summed E-state index contributed by atoms with van der Waals surface area (Å²) >= 11 is 0. The number of carbonyl (C=O) groups is 2. The lowest BCUT2D eigenvalue weighted by Gasteiger charge is -2.12. The van der Waals surface area contributed by atoms with Gasteiger partial charge in [0.15, 0.2) is 12.4 Å². The Morgan fingerprint density at radius 3 is 2.27 bits per heavy atom. The van der Waals surface area contributed by atoms with Crippen molar-refractivity contribution in [1.29, 1.82) is 0 Å². The number of methoxy groups -OCH3 is 2. The number of rotatable bonds is 8. The summed E-state index contributed by atoms with van der Waals surface area (Å²) in [6.07, 6.45) is 0.204. The van der Waals surface area contributed by atoms with E-state index in [1.54, 1.807) is 25.1 Å². The SMILES string of the molecule is CCC(=O)c1cc(F)ccc1OCC(=O)Nc1cc(OC)cc(OC)c1. The van der Waals surface area contributed by atoms with Crippen LogP contribution in [0.1, 0.15) is 23.7 Å². The van der Waals surface area contributed by atoms with Crippen molar-refractivity contribution < 1.29 is 28.2 Å². The molecule has 0 fully saturated rings. The molecule has 2 rings (SSSR count). The number of Topliss-reactive ketones (excluding diaryl/α,β-unsaturated/α-hetero) is 1. The van der Waals surface area contributed by atoms with Crippen LogP contribution in [0.2, 0.25) is 0 Å². The van der Waals surface area contributed by atoms with Gasteiger partial charge in [-0.05, 0) is 18.2 Å². The number of anilines is 1. The van der Waals surface area contributed by atoms with Crippen molar-refractivity contribution in [2.24, 2.45) is 0 Å². The molecule has 0 heterocycles. The van der Waals surface area contributed by atoms with E-state index in [1.165, 1.54) is 26.4 Å². The van der Waals surface area contributed by atoms with Crippen molar-refractivity contribution in [2.75, 3.05) is 26.1 Å². The van der Waals surface area contributed by atoms with Gasteiger partial charge in [0, 0.05) is 30.3 Å². The summed E-state index contributed by atoms with van der Waals surface area (Å²) in [6.45, 7) is 1.33. The lowest BCUT2D eigenvalue weighted by molar-refractivity contribution is -0.118. The summed E-state index contributed by atoms with van der Waals surface area (Å²) < 4.78 is 29.0. The second-order valence-corrected chi connectivity index (χ2v) is 5.36. The first-order chi connectivity index (χ1) is 12.5. The van der Waals surface area contributed by atoms with Crippen molar-refractivity contribution in [3.63, 3.8) is 0 Å². The predicted molar refractivity (Wildman–Crippen MR) is 94.7 cm³/mol.